The highest BCUT2D eigenvalue weighted by Crippen LogP contribution is 2.37. The number of hydrogen-bond acceptors (Lipinski definition) is 4. The Balaban J connectivity index is 2.21. The van der Waals surface area contributed by atoms with Crippen molar-refractivity contribution < 1.29 is 14.4 Å². The summed E-state index contributed by atoms with van der Waals surface area (Å²) in [6.07, 6.45) is 4.57. The number of imide groups is 1. The van der Waals surface area contributed by atoms with E-state index < -0.39 is 23.3 Å². The highest BCUT2D eigenvalue weighted by molar-refractivity contribution is 6.04. The van der Waals surface area contributed by atoms with Crippen molar-refractivity contribution in [3.8, 4) is 0 Å². The molecule has 1 heterocycles. The lowest BCUT2D eigenvalue weighted by Crippen LogP contribution is -2.62. The maximum atomic E-state index is 12.7. The largest absolute Gasteiger partial charge is 0.329 e. The Morgan fingerprint density at radius 1 is 1.37 bits per heavy atom. The van der Waals surface area contributed by atoms with Crippen molar-refractivity contribution in [2.75, 3.05) is 13.1 Å². The van der Waals surface area contributed by atoms with Gasteiger partial charge in [0.15, 0.2) is 0 Å². The molecule has 0 aromatic carbocycles. The highest BCUT2D eigenvalue weighted by atomic mass is 16.2. The average Bonchev–Trinajstić information content (AvgIpc) is 2.42. The van der Waals surface area contributed by atoms with Crippen molar-refractivity contribution in [1.29, 1.82) is 0 Å². The van der Waals surface area contributed by atoms with E-state index in [0.717, 1.165) is 32.1 Å². The Hall–Kier alpha value is -1.43. The summed E-state index contributed by atoms with van der Waals surface area (Å²) in [6, 6.07) is -0.601. The SMILES string of the molecule is CC1C(=O)NC(=O)CN1C(=O)C1(CN)CCCCC1. The maximum absolute atomic E-state index is 12.7. The predicted molar refractivity (Wildman–Crippen MR) is 68.9 cm³/mol. The summed E-state index contributed by atoms with van der Waals surface area (Å²) < 4.78 is 0. The van der Waals surface area contributed by atoms with Crippen LogP contribution in [0.1, 0.15) is 39.0 Å². The summed E-state index contributed by atoms with van der Waals surface area (Å²) in [5.74, 6) is -0.961. The summed E-state index contributed by atoms with van der Waals surface area (Å²) in [5, 5.41) is 2.24. The summed E-state index contributed by atoms with van der Waals surface area (Å²) in [5.41, 5.74) is 5.25. The summed E-state index contributed by atoms with van der Waals surface area (Å²) in [7, 11) is 0. The Bertz CT molecular complexity index is 402. The molecule has 1 atom stereocenters. The van der Waals surface area contributed by atoms with Gasteiger partial charge in [-0.25, -0.2) is 0 Å². The van der Waals surface area contributed by atoms with E-state index >= 15 is 0 Å². The minimum Gasteiger partial charge on any atom is -0.329 e. The van der Waals surface area contributed by atoms with E-state index in [0.29, 0.717) is 0 Å². The fourth-order valence-electron chi connectivity index (χ4n) is 3.00. The van der Waals surface area contributed by atoms with E-state index in [4.69, 9.17) is 5.73 Å². The van der Waals surface area contributed by atoms with Crippen LogP contribution >= 0.6 is 0 Å². The molecule has 6 nitrogen and oxygen atoms in total. The van der Waals surface area contributed by atoms with Crippen molar-refractivity contribution in [2.45, 2.75) is 45.1 Å². The van der Waals surface area contributed by atoms with Crippen molar-refractivity contribution >= 4 is 17.7 Å². The Kier molecular flexibility index (Phi) is 3.89. The van der Waals surface area contributed by atoms with E-state index in [9.17, 15) is 14.4 Å². The molecule has 1 saturated heterocycles. The van der Waals surface area contributed by atoms with Crippen LogP contribution in [-0.2, 0) is 14.4 Å². The second-order valence-electron chi connectivity index (χ2n) is 5.57. The quantitative estimate of drug-likeness (QED) is 0.676. The smallest absolute Gasteiger partial charge is 0.249 e. The lowest BCUT2D eigenvalue weighted by Gasteiger charge is -2.41. The number of carbonyl (C=O) groups excluding carboxylic acids is 3. The molecule has 1 saturated carbocycles. The number of hydrogen-bond donors (Lipinski definition) is 2. The molecule has 6 heteroatoms. The zero-order chi connectivity index (χ0) is 14.0. The molecule has 1 unspecified atom stereocenters. The molecule has 0 spiro atoms. The van der Waals surface area contributed by atoms with Gasteiger partial charge in [-0.3, -0.25) is 19.7 Å². The molecule has 2 rings (SSSR count). The van der Waals surface area contributed by atoms with Gasteiger partial charge in [0.05, 0.1) is 5.41 Å². The van der Waals surface area contributed by atoms with Gasteiger partial charge in [-0.1, -0.05) is 19.3 Å². The van der Waals surface area contributed by atoms with Crippen molar-refractivity contribution in [3.63, 3.8) is 0 Å². The first-order valence-corrected chi connectivity index (χ1v) is 6.85. The van der Waals surface area contributed by atoms with Gasteiger partial charge in [0, 0.05) is 6.54 Å². The van der Waals surface area contributed by atoms with Crippen LogP contribution < -0.4 is 11.1 Å². The first kappa shape index (κ1) is 14.0. The Labute approximate surface area is 112 Å². The van der Waals surface area contributed by atoms with Crippen LogP contribution in [0.2, 0.25) is 0 Å². The van der Waals surface area contributed by atoms with E-state index in [1.807, 2.05) is 0 Å². The molecule has 2 fully saturated rings. The molecule has 0 bridgehead atoms. The minimum atomic E-state index is -0.601. The first-order valence-electron chi connectivity index (χ1n) is 6.85. The maximum Gasteiger partial charge on any atom is 0.249 e. The number of amides is 3. The first-order chi connectivity index (χ1) is 9.00. The molecule has 3 N–H and O–H groups in total. The molecule has 1 aliphatic carbocycles. The number of nitrogens with two attached hydrogens (primary N) is 1. The number of nitrogens with one attached hydrogen (secondary N) is 1. The van der Waals surface area contributed by atoms with Gasteiger partial charge < -0.3 is 10.6 Å². The molecule has 19 heavy (non-hydrogen) atoms. The van der Waals surface area contributed by atoms with E-state index in [-0.39, 0.29) is 19.0 Å². The number of piperazine rings is 1. The minimum absolute atomic E-state index is 0.0481. The molecular weight excluding hydrogens is 246 g/mol. The molecule has 0 radical (unpaired) electrons. The van der Waals surface area contributed by atoms with E-state index in [2.05, 4.69) is 5.32 Å². The van der Waals surface area contributed by atoms with Crippen LogP contribution in [0.5, 0.6) is 0 Å². The number of rotatable bonds is 2. The van der Waals surface area contributed by atoms with Crippen molar-refractivity contribution in [1.82, 2.24) is 10.2 Å². The van der Waals surface area contributed by atoms with Crippen LogP contribution in [0.15, 0.2) is 0 Å². The molecule has 1 aliphatic heterocycles. The number of nitrogens with zero attached hydrogens (tertiary/aromatic N) is 1. The second-order valence-corrected chi connectivity index (χ2v) is 5.57. The molecular formula is C13H21N3O3. The topological polar surface area (TPSA) is 92.5 Å². The summed E-state index contributed by atoms with van der Waals surface area (Å²) in [6.45, 7) is 1.88. The van der Waals surface area contributed by atoms with Gasteiger partial charge >= 0.3 is 0 Å². The van der Waals surface area contributed by atoms with Gasteiger partial charge in [-0.05, 0) is 19.8 Å². The van der Waals surface area contributed by atoms with Gasteiger partial charge in [0.25, 0.3) is 0 Å². The van der Waals surface area contributed by atoms with Gasteiger partial charge in [0.1, 0.15) is 12.6 Å². The van der Waals surface area contributed by atoms with E-state index in [1.165, 1.54) is 4.90 Å². The predicted octanol–water partition coefficient (Wildman–Crippen LogP) is -0.231. The Morgan fingerprint density at radius 2 is 2.00 bits per heavy atom. The van der Waals surface area contributed by atoms with Crippen molar-refractivity contribution in [3.05, 3.63) is 0 Å². The summed E-state index contributed by atoms with van der Waals surface area (Å²) >= 11 is 0. The fraction of sp³-hybridized carbons (Fsp3) is 0.769. The van der Waals surface area contributed by atoms with Crippen LogP contribution in [0.3, 0.4) is 0 Å². The van der Waals surface area contributed by atoms with Crippen LogP contribution in [0.4, 0.5) is 0 Å². The lowest BCUT2D eigenvalue weighted by molar-refractivity contribution is -0.156. The normalized spacial score (nSPS) is 27.1. The van der Waals surface area contributed by atoms with Crippen LogP contribution in [0.25, 0.3) is 0 Å². The standard InChI is InChI=1S/C13H21N3O3/c1-9-11(18)15-10(17)7-16(9)12(19)13(8-14)5-3-2-4-6-13/h9H,2-8,14H2,1H3,(H,15,17,18). The third-order valence-electron chi connectivity index (χ3n) is 4.34. The van der Waals surface area contributed by atoms with Crippen molar-refractivity contribution in [2.24, 2.45) is 11.1 Å². The average molecular weight is 267 g/mol. The lowest BCUT2D eigenvalue weighted by atomic mass is 9.72. The monoisotopic (exact) mass is 267 g/mol. The molecule has 0 aromatic heterocycles. The third kappa shape index (κ3) is 2.49. The molecule has 3 amide bonds. The molecule has 106 valence electrons. The second kappa shape index (κ2) is 5.28. The number of carbonyl (C=O) groups is 3. The summed E-state index contributed by atoms with van der Waals surface area (Å²) in [4.78, 5) is 37.2. The fourth-order valence-corrected chi connectivity index (χ4v) is 3.00. The Morgan fingerprint density at radius 3 is 2.58 bits per heavy atom. The van der Waals surface area contributed by atoms with Gasteiger partial charge in [-0.15, -0.1) is 0 Å². The molecule has 0 aromatic rings. The van der Waals surface area contributed by atoms with Crippen LogP contribution in [0, 0.1) is 5.41 Å². The highest BCUT2D eigenvalue weighted by Gasteiger charge is 2.45. The van der Waals surface area contributed by atoms with Gasteiger partial charge in [0.2, 0.25) is 17.7 Å². The zero-order valence-electron chi connectivity index (χ0n) is 11.3. The third-order valence-corrected chi connectivity index (χ3v) is 4.34. The molecule has 2 aliphatic rings. The van der Waals surface area contributed by atoms with Crippen LogP contribution in [-0.4, -0.2) is 41.8 Å². The van der Waals surface area contributed by atoms with E-state index in [1.54, 1.807) is 6.92 Å². The zero-order valence-corrected chi connectivity index (χ0v) is 11.3. The van der Waals surface area contributed by atoms with Gasteiger partial charge in [-0.2, -0.15) is 0 Å².